The van der Waals surface area contributed by atoms with Crippen molar-refractivity contribution in [2.24, 2.45) is 0 Å². The largest absolute Gasteiger partial charge is 0.309 e. The Morgan fingerprint density at radius 2 is 2.29 bits per heavy atom. The molecule has 0 amide bonds. The minimum Gasteiger partial charge on any atom is -0.309 e. The molecule has 1 aliphatic rings. The van der Waals surface area contributed by atoms with Gasteiger partial charge >= 0.3 is 0 Å². The zero-order valence-corrected chi connectivity index (χ0v) is 15.3. The lowest BCUT2D eigenvalue weighted by molar-refractivity contribution is 0.689. The van der Waals surface area contributed by atoms with Crippen molar-refractivity contribution in [2.75, 3.05) is 0 Å². The van der Waals surface area contributed by atoms with Crippen LogP contribution >= 0.6 is 39.0 Å². The number of thiazole rings is 1. The van der Waals surface area contributed by atoms with Gasteiger partial charge in [0.25, 0.3) is 0 Å². The summed E-state index contributed by atoms with van der Waals surface area (Å²) in [7, 11) is 0. The second-order valence-electron chi connectivity index (χ2n) is 5.23. The Morgan fingerprint density at radius 1 is 1.43 bits per heavy atom. The third-order valence-electron chi connectivity index (χ3n) is 3.44. The van der Waals surface area contributed by atoms with Gasteiger partial charge in [0.05, 0.1) is 11.4 Å². The van der Waals surface area contributed by atoms with E-state index in [2.05, 4.69) is 52.4 Å². The number of rotatable bonds is 7. The highest BCUT2D eigenvalue weighted by Crippen LogP contribution is 2.29. The fourth-order valence-corrected chi connectivity index (χ4v) is 4.75. The molecule has 2 aromatic rings. The Balaban J connectivity index is 1.61. The summed E-state index contributed by atoms with van der Waals surface area (Å²) in [5, 5.41) is 4.84. The van der Waals surface area contributed by atoms with Gasteiger partial charge in [-0.3, -0.25) is 0 Å². The lowest BCUT2D eigenvalue weighted by Gasteiger charge is -2.00. The van der Waals surface area contributed by atoms with E-state index in [-0.39, 0.29) is 0 Å². The maximum Gasteiger partial charge on any atom is 0.103 e. The Morgan fingerprint density at radius 3 is 3.00 bits per heavy atom. The van der Waals surface area contributed by atoms with Crippen LogP contribution in [0.4, 0.5) is 0 Å². The van der Waals surface area contributed by atoms with Crippen LogP contribution in [0.25, 0.3) is 0 Å². The van der Waals surface area contributed by atoms with Crippen LogP contribution in [-0.2, 0) is 18.7 Å². The van der Waals surface area contributed by atoms with Gasteiger partial charge in [-0.1, -0.05) is 28.9 Å². The van der Waals surface area contributed by atoms with Gasteiger partial charge in [0.1, 0.15) is 5.01 Å². The first-order valence-corrected chi connectivity index (χ1v) is 9.93. The van der Waals surface area contributed by atoms with E-state index < -0.39 is 0 Å². The molecular weight excluding hydrogens is 364 g/mol. The van der Waals surface area contributed by atoms with Crippen molar-refractivity contribution in [2.45, 2.75) is 49.4 Å². The third kappa shape index (κ3) is 4.55. The molecule has 1 N–H and O–H groups in total. The van der Waals surface area contributed by atoms with Crippen molar-refractivity contribution in [3.05, 3.63) is 44.3 Å². The molecule has 0 atom stereocenters. The first-order chi connectivity index (χ1) is 10.2. The number of benzene rings is 1. The normalized spacial score (nSPS) is 14.6. The van der Waals surface area contributed by atoms with Gasteiger partial charge in [-0.25, -0.2) is 4.98 Å². The Kier molecular flexibility index (Phi) is 5.38. The van der Waals surface area contributed by atoms with Crippen LogP contribution in [0.15, 0.2) is 33.6 Å². The maximum atomic E-state index is 4.81. The summed E-state index contributed by atoms with van der Waals surface area (Å²) in [5.74, 6) is 0.956. The molecular formula is C16H19BrN2S2. The first-order valence-electron chi connectivity index (χ1n) is 7.34. The second-order valence-corrected chi connectivity index (χ2v) is 8.36. The van der Waals surface area contributed by atoms with Crippen LogP contribution in [-0.4, -0.2) is 11.0 Å². The van der Waals surface area contributed by atoms with Crippen LogP contribution in [0.1, 0.15) is 35.3 Å². The average molecular weight is 383 g/mol. The molecule has 1 fully saturated rings. The number of aromatic nitrogens is 1. The molecule has 3 rings (SSSR count). The van der Waals surface area contributed by atoms with Crippen molar-refractivity contribution >= 4 is 39.0 Å². The van der Waals surface area contributed by atoms with E-state index in [0.29, 0.717) is 0 Å². The molecule has 0 radical (unpaired) electrons. The molecule has 1 saturated carbocycles. The van der Waals surface area contributed by atoms with E-state index >= 15 is 0 Å². The molecule has 0 aliphatic heterocycles. The molecule has 1 aromatic carbocycles. The predicted molar refractivity (Wildman–Crippen MR) is 95.1 cm³/mol. The molecule has 112 valence electrons. The lowest BCUT2D eigenvalue weighted by atomic mass is 10.3. The van der Waals surface area contributed by atoms with Crippen molar-refractivity contribution < 1.29 is 0 Å². The molecule has 1 aromatic heterocycles. The van der Waals surface area contributed by atoms with Crippen LogP contribution in [0.3, 0.4) is 0 Å². The third-order valence-corrected chi connectivity index (χ3v) is 6.22. The van der Waals surface area contributed by atoms with E-state index in [0.717, 1.165) is 29.2 Å². The number of hydrogen-bond acceptors (Lipinski definition) is 4. The van der Waals surface area contributed by atoms with Crippen LogP contribution in [0.2, 0.25) is 0 Å². The average Bonchev–Trinajstić information content (AvgIpc) is 3.23. The van der Waals surface area contributed by atoms with Gasteiger partial charge in [-0.05, 0) is 37.5 Å². The molecule has 2 nitrogen and oxygen atoms in total. The van der Waals surface area contributed by atoms with Crippen molar-refractivity contribution in [1.82, 2.24) is 10.3 Å². The Bertz CT molecular complexity index is 608. The summed E-state index contributed by atoms with van der Waals surface area (Å²) >= 11 is 7.25. The monoisotopic (exact) mass is 382 g/mol. The second kappa shape index (κ2) is 7.27. The minimum atomic E-state index is 0.760. The van der Waals surface area contributed by atoms with Gasteiger partial charge in [0, 0.05) is 26.8 Å². The van der Waals surface area contributed by atoms with Gasteiger partial charge in [-0.2, -0.15) is 0 Å². The highest BCUT2D eigenvalue weighted by Gasteiger charge is 2.21. The van der Waals surface area contributed by atoms with Gasteiger partial charge in [0.15, 0.2) is 0 Å². The van der Waals surface area contributed by atoms with E-state index in [9.17, 15) is 0 Å². The van der Waals surface area contributed by atoms with Gasteiger partial charge < -0.3 is 5.32 Å². The summed E-state index contributed by atoms with van der Waals surface area (Å²) in [6.45, 7) is 3.19. The molecule has 1 heterocycles. The number of halogens is 1. The van der Waals surface area contributed by atoms with Crippen molar-refractivity contribution in [3.63, 3.8) is 0 Å². The van der Waals surface area contributed by atoms with Crippen LogP contribution < -0.4 is 5.32 Å². The summed E-state index contributed by atoms with van der Waals surface area (Å²) in [4.78, 5) is 7.52. The molecule has 0 unspecified atom stereocenters. The summed E-state index contributed by atoms with van der Waals surface area (Å²) in [5.41, 5.74) is 1.28. The highest BCUT2D eigenvalue weighted by atomic mass is 79.9. The molecule has 0 bridgehead atoms. The summed E-state index contributed by atoms with van der Waals surface area (Å²) in [6.07, 6.45) is 3.71. The molecule has 1 aliphatic carbocycles. The lowest BCUT2D eigenvalue weighted by Crippen LogP contribution is -2.15. The molecule has 0 spiro atoms. The van der Waals surface area contributed by atoms with E-state index in [1.54, 1.807) is 0 Å². The quantitative estimate of drug-likeness (QED) is 0.680. The predicted octanol–water partition coefficient (Wildman–Crippen LogP) is 5.01. The Labute approximate surface area is 142 Å². The number of thioether (sulfide) groups is 1. The molecule has 0 saturated heterocycles. The zero-order chi connectivity index (χ0) is 14.7. The maximum absolute atomic E-state index is 4.81. The fourth-order valence-electron chi connectivity index (χ4n) is 2.14. The first kappa shape index (κ1) is 15.5. The number of aryl methyl sites for hydroxylation is 1. The smallest absolute Gasteiger partial charge is 0.103 e. The van der Waals surface area contributed by atoms with Crippen LogP contribution in [0.5, 0.6) is 0 Å². The van der Waals surface area contributed by atoms with E-state index in [4.69, 9.17) is 4.98 Å². The Hall–Kier alpha value is -0.360. The molecule has 5 heteroatoms. The molecule has 21 heavy (non-hydrogen) atoms. The van der Waals surface area contributed by atoms with Gasteiger partial charge in [0.2, 0.25) is 0 Å². The highest BCUT2D eigenvalue weighted by molar-refractivity contribution is 9.10. The number of hydrogen-bond donors (Lipinski definition) is 1. The number of nitrogens with zero attached hydrogens (tertiary/aromatic N) is 1. The number of nitrogens with one attached hydrogen (secondary N) is 1. The zero-order valence-electron chi connectivity index (χ0n) is 12.1. The summed E-state index contributed by atoms with van der Waals surface area (Å²) in [6, 6.07) is 9.21. The standard InChI is InChI=1S/C16H19BrN2S2/c1-2-14-15(9-18-12-6-7-12)21-16(19-14)10-20-13-5-3-4-11(17)8-13/h3-5,8,12,18H,2,6-7,9-10H2,1H3. The van der Waals surface area contributed by atoms with E-state index in [1.165, 1.54) is 33.3 Å². The van der Waals surface area contributed by atoms with E-state index in [1.807, 2.05) is 23.1 Å². The minimum absolute atomic E-state index is 0.760. The van der Waals surface area contributed by atoms with Crippen molar-refractivity contribution in [1.29, 1.82) is 0 Å². The topological polar surface area (TPSA) is 24.9 Å². The van der Waals surface area contributed by atoms with Crippen LogP contribution in [0, 0.1) is 0 Å². The fraction of sp³-hybridized carbons (Fsp3) is 0.438. The summed E-state index contributed by atoms with van der Waals surface area (Å²) < 4.78 is 1.13. The SMILES string of the molecule is CCc1nc(CSc2cccc(Br)c2)sc1CNC1CC1. The van der Waals surface area contributed by atoms with Gasteiger partial charge in [-0.15, -0.1) is 23.1 Å². The van der Waals surface area contributed by atoms with Crippen molar-refractivity contribution in [3.8, 4) is 0 Å².